The molecule has 0 saturated heterocycles. The topological polar surface area (TPSA) is 47.6 Å². The zero-order valence-corrected chi connectivity index (χ0v) is 16.0. The van der Waals surface area contributed by atoms with Crippen LogP contribution in [0, 0.1) is 0 Å². The minimum atomic E-state index is -0.209. The summed E-state index contributed by atoms with van der Waals surface area (Å²) in [4.78, 5) is 12.9. The Morgan fingerprint density at radius 1 is 1.12 bits per heavy atom. The number of hydrogen-bond donors (Lipinski definition) is 2. The molecule has 1 N–H and O–H groups in total. The van der Waals surface area contributed by atoms with Crippen LogP contribution in [0.25, 0.3) is 6.08 Å². The van der Waals surface area contributed by atoms with Crippen LogP contribution in [0.5, 0.6) is 11.5 Å². The fourth-order valence-electron chi connectivity index (χ4n) is 2.11. The summed E-state index contributed by atoms with van der Waals surface area (Å²) in [6.45, 7) is 4.50. The molecular weight excluding hydrogens is 346 g/mol. The highest BCUT2D eigenvalue weighted by atomic mass is 32.1. The minimum absolute atomic E-state index is 0.209. The summed E-state index contributed by atoms with van der Waals surface area (Å²) in [6, 6.07) is 12.8. The lowest BCUT2D eigenvalue weighted by Crippen LogP contribution is -2.07. The third kappa shape index (κ3) is 6.33. The Balaban J connectivity index is 2.05. The van der Waals surface area contributed by atoms with Crippen molar-refractivity contribution in [3.8, 4) is 11.5 Å². The molecule has 5 heteroatoms. The van der Waals surface area contributed by atoms with Gasteiger partial charge in [0.15, 0.2) is 11.5 Å². The Labute approximate surface area is 159 Å². The number of hydrogen-bond acceptors (Lipinski definition) is 4. The van der Waals surface area contributed by atoms with Gasteiger partial charge in [0.25, 0.3) is 0 Å². The van der Waals surface area contributed by atoms with E-state index in [2.05, 4.69) is 17.9 Å². The van der Waals surface area contributed by atoms with Gasteiger partial charge >= 0.3 is 0 Å². The number of amides is 1. The molecule has 0 fully saturated rings. The maximum Gasteiger partial charge on any atom is 0.248 e. The minimum Gasteiger partial charge on any atom is -0.493 e. The Morgan fingerprint density at radius 2 is 1.85 bits per heavy atom. The fraction of sp³-hybridized carbons (Fsp3) is 0.190. The molecule has 0 spiro atoms. The standard InChI is InChI=1S/C21H23NO3S/c1-15(2)12-13-25-20-14-16(4-10-19(20)24-3)5-11-21(23)22-17-6-8-18(26)9-7-17/h4-12,14,26H,13H2,1-3H3,(H,22,23)/b11-5+. The second-order valence-corrected chi connectivity index (χ2v) is 6.39. The predicted molar refractivity (Wildman–Crippen MR) is 109 cm³/mol. The molecule has 4 nitrogen and oxygen atoms in total. The van der Waals surface area contributed by atoms with Crippen LogP contribution < -0.4 is 14.8 Å². The summed E-state index contributed by atoms with van der Waals surface area (Å²) in [6.07, 6.45) is 5.21. The van der Waals surface area contributed by atoms with Crippen LogP contribution in [-0.2, 0) is 4.79 Å². The van der Waals surface area contributed by atoms with E-state index in [0.717, 1.165) is 16.1 Å². The number of methoxy groups -OCH3 is 1. The second kappa shape index (κ2) is 9.73. The van der Waals surface area contributed by atoms with Crippen molar-refractivity contribution in [3.05, 3.63) is 65.8 Å². The number of thiol groups is 1. The number of carbonyl (C=O) groups excluding carboxylic acids is 1. The van der Waals surface area contributed by atoms with E-state index in [0.29, 0.717) is 18.1 Å². The largest absolute Gasteiger partial charge is 0.493 e. The quantitative estimate of drug-likeness (QED) is 0.411. The first-order chi connectivity index (χ1) is 12.5. The number of allylic oxidation sites excluding steroid dienone is 1. The molecular formula is C21H23NO3S. The highest BCUT2D eigenvalue weighted by Crippen LogP contribution is 2.28. The summed E-state index contributed by atoms with van der Waals surface area (Å²) in [5.41, 5.74) is 2.75. The molecule has 0 aliphatic carbocycles. The van der Waals surface area contributed by atoms with Gasteiger partial charge in [-0.25, -0.2) is 0 Å². The molecule has 0 saturated carbocycles. The summed E-state index contributed by atoms with van der Waals surface area (Å²) in [7, 11) is 1.60. The summed E-state index contributed by atoms with van der Waals surface area (Å²) in [5, 5.41) is 2.80. The average Bonchev–Trinajstić information content (AvgIpc) is 2.62. The lowest BCUT2D eigenvalue weighted by molar-refractivity contribution is -0.111. The number of rotatable bonds is 7. The van der Waals surface area contributed by atoms with Gasteiger partial charge in [0, 0.05) is 16.7 Å². The molecule has 1 amide bonds. The summed E-state index contributed by atoms with van der Waals surface area (Å²) < 4.78 is 11.1. The van der Waals surface area contributed by atoms with Crippen molar-refractivity contribution < 1.29 is 14.3 Å². The second-order valence-electron chi connectivity index (χ2n) is 5.87. The van der Waals surface area contributed by atoms with Gasteiger partial charge in [0.2, 0.25) is 5.91 Å². The van der Waals surface area contributed by atoms with E-state index in [1.54, 1.807) is 25.3 Å². The fourth-order valence-corrected chi connectivity index (χ4v) is 2.26. The highest BCUT2D eigenvalue weighted by Gasteiger charge is 2.05. The molecule has 0 heterocycles. The maximum absolute atomic E-state index is 12.0. The zero-order valence-electron chi connectivity index (χ0n) is 15.2. The van der Waals surface area contributed by atoms with Crippen LogP contribution in [0.3, 0.4) is 0 Å². The van der Waals surface area contributed by atoms with Crippen molar-refractivity contribution in [2.75, 3.05) is 19.0 Å². The van der Waals surface area contributed by atoms with Crippen LogP contribution in [0.15, 0.2) is 65.1 Å². The van der Waals surface area contributed by atoms with Gasteiger partial charge in [-0.1, -0.05) is 11.6 Å². The van der Waals surface area contributed by atoms with E-state index in [1.165, 1.54) is 11.6 Å². The average molecular weight is 369 g/mol. The first-order valence-electron chi connectivity index (χ1n) is 8.20. The molecule has 2 aromatic rings. The lowest BCUT2D eigenvalue weighted by Gasteiger charge is -2.10. The Kier molecular flexibility index (Phi) is 7.36. The summed E-state index contributed by atoms with van der Waals surface area (Å²) in [5.74, 6) is 1.08. The summed E-state index contributed by atoms with van der Waals surface area (Å²) >= 11 is 4.22. The maximum atomic E-state index is 12.0. The molecule has 0 aliphatic heterocycles. The van der Waals surface area contributed by atoms with Crippen LogP contribution in [0.4, 0.5) is 5.69 Å². The van der Waals surface area contributed by atoms with Gasteiger partial charge in [-0.15, -0.1) is 12.6 Å². The predicted octanol–water partition coefficient (Wildman–Crippen LogP) is 4.98. The van der Waals surface area contributed by atoms with Gasteiger partial charge in [-0.2, -0.15) is 0 Å². The molecule has 0 aliphatic rings. The van der Waals surface area contributed by atoms with Gasteiger partial charge in [0.05, 0.1) is 7.11 Å². The number of nitrogens with one attached hydrogen (secondary N) is 1. The molecule has 0 radical (unpaired) electrons. The van der Waals surface area contributed by atoms with Gasteiger partial charge in [-0.3, -0.25) is 4.79 Å². The van der Waals surface area contributed by atoms with E-state index in [4.69, 9.17) is 9.47 Å². The first-order valence-corrected chi connectivity index (χ1v) is 8.65. The van der Waals surface area contributed by atoms with Crippen molar-refractivity contribution in [1.82, 2.24) is 0 Å². The SMILES string of the molecule is COc1ccc(/C=C/C(=O)Nc2ccc(S)cc2)cc1OCC=C(C)C. The molecule has 0 bridgehead atoms. The number of ether oxygens (including phenoxy) is 2. The Morgan fingerprint density at radius 3 is 2.50 bits per heavy atom. The van der Waals surface area contributed by atoms with Gasteiger partial charge in [0.1, 0.15) is 6.61 Å². The van der Waals surface area contributed by atoms with E-state index in [-0.39, 0.29) is 5.91 Å². The van der Waals surface area contributed by atoms with E-state index in [9.17, 15) is 4.79 Å². The van der Waals surface area contributed by atoms with E-state index >= 15 is 0 Å². The molecule has 2 rings (SSSR count). The number of anilines is 1. The van der Waals surface area contributed by atoms with Crippen LogP contribution >= 0.6 is 12.6 Å². The van der Waals surface area contributed by atoms with Crippen molar-refractivity contribution in [2.45, 2.75) is 18.7 Å². The van der Waals surface area contributed by atoms with Crippen LogP contribution in [0.2, 0.25) is 0 Å². The van der Waals surface area contributed by atoms with Crippen molar-refractivity contribution in [3.63, 3.8) is 0 Å². The normalized spacial score (nSPS) is 10.5. The van der Waals surface area contributed by atoms with Crippen molar-refractivity contribution >= 4 is 30.3 Å². The van der Waals surface area contributed by atoms with Gasteiger partial charge in [-0.05, 0) is 68.0 Å². The molecule has 0 atom stereocenters. The van der Waals surface area contributed by atoms with Gasteiger partial charge < -0.3 is 14.8 Å². The lowest BCUT2D eigenvalue weighted by atomic mass is 10.2. The van der Waals surface area contributed by atoms with E-state index in [1.807, 2.05) is 50.3 Å². The molecule has 0 aromatic heterocycles. The third-order valence-electron chi connectivity index (χ3n) is 3.48. The van der Waals surface area contributed by atoms with E-state index < -0.39 is 0 Å². The first kappa shape index (κ1) is 19.7. The molecule has 26 heavy (non-hydrogen) atoms. The highest BCUT2D eigenvalue weighted by molar-refractivity contribution is 7.80. The number of benzene rings is 2. The molecule has 2 aromatic carbocycles. The zero-order chi connectivity index (χ0) is 18.9. The molecule has 0 unspecified atom stereocenters. The monoisotopic (exact) mass is 369 g/mol. The van der Waals surface area contributed by atoms with Crippen LogP contribution in [-0.4, -0.2) is 19.6 Å². The van der Waals surface area contributed by atoms with Crippen molar-refractivity contribution in [1.29, 1.82) is 0 Å². The third-order valence-corrected chi connectivity index (χ3v) is 3.78. The Hall–Kier alpha value is -2.66. The number of carbonyl (C=O) groups is 1. The smallest absolute Gasteiger partial charge is 0.248 e. The van der Waals surface area contributed by atoms with Crippen LogP contribution in [0.1, 0.15) is 19.4 Å². The van der Waals surface area contributed by atoms with Crippen molar-refractivity contribution in [2.24, 2.45) is 0 Å². The Bertz CT molecular complexity index is 807. The molecule has 136 valence electrons.